The first-order chi connectivity index (χ1) is 22.2. The summed E-state index contributed by atoms with van der Waals surface area (Å²) in [4.78, 5) is 29.1. The summed E-state index contributed by atoms with van der Waals surface area (Å²) in [5.41, 5.74) is 3.18. The van der Waals surface area contributed by atoms with E-state index in [9.17, 15) is 9.59 Å². The number of carbonyl (C=O) groups excluding carboxylic acids is 1. The molecule has 5 rings (SSSR count). The molecule has 9 heteroatoms. The maximum absolute atomic E-state index is 15.9. The second-order valence-electron chi connectivity index (χ2n) is 11.6. The van der Waals surface area contributed by atoms with E-state index in [0.717, 1.165) is 40.3 Å². The third kappa shape index (κ3) is 7.79. The molecule has 46 heavy (non-hydrogen) atoms. The number of hydrogen-bond acceptors (Lipinski definition) is 5. The zero-order valence-corrected chi connectivity index (χ0v) is 26.7. The van der Waals surface area contributed by atoms with Gasteiger partial charge in [-0.05, 0) is 49.1 Å². The number of aromatic nitrogens is 3. The predicted molar refractivity (Wildman–Crippen MR) is 179 cm³/mol. The fraction of sp³-hybridized carbons (Fsp3) is 0.270. The van der Waals surface area contributed by atoms with Crippen molar-refractivity contribution in [2.75, 3.05) is 5.32 Å². The minimum atomic E-state index is -0.761. The van der Waals surface area contributed by atoms with Crippen LogP contribution >= 0.6 is 0 Å². The highest BCUT2D eigenvalue weighted by Gasteiger charge is 2.24. The van der Waals surface area contributed by atoms with Crippen molar-refractivity contribution in [1.82, 2.24) is 19.2 Å². The highest BCUT2D eigenvalue weighted by atomic mass is 19.1. The van der Waals surface area contributed by atoms with Crippen LogP contribution in [0.5, 0.6) is 5.75 Å². The molecule has 0 saturated heterocycles. The van der Waals surface area contributed by atoms with Gasteiger partial charge in [0.15, 0.2) is 0 Å². The number of halogens is 1. The Morgan fingerprint density at radius 1 is 0.935 bits per heavy atom. The number of carbonyl (C=O) groups is 1. The summed E-state index contributed by atoms with van der Waals surface area (Å²) < 4.78 is 24.5. The van der Waals surface area contributed by atoms with E-state index in [0.29, 0.717) is 31.1 Å². The first-order valence-corrected chi connectivity index (χ1v) is 15.6. The lowest BCUT2D eigenvalue weighted by molar-refractivity contribution is 0.101. The minimum Gasteiger partial charge on any atom is -0.490 e. The highest BCUT2D eigenvalue weighted by Crippen LogP contribution is 2.28. The van der Waals surface area contributed by atoms with Crippen LogP contribution in [0.25, 0.3) is 5.69 Å². The third-order valence-corrected chi connectivity index (χ3v) is 7.87. The minimum absolute atomic E-state index is 0.0357. The molecule has 1 N–H and O–H groups in total. The van der Waals surface area contributed by atoms with Crippen molar-refractivity contribution in [3.8, 4) is 11.4 Å². The molecule has 0 saturated carbocycles. The molecule has 1 heterocycles. The molecule has 4 aromatic carbocycles. The Morgan fingerprint density at radius 2 is 1.54 bits per heavy atom. The van der Waals surface area contributed by atoms with Gasteiger partial charge in [0.2, 0.25) is 0 Å². The molecule has 0 fully saturated rings. The number of nitrogens with one attached hydrogen (secondary N) is 1. The fourth-order valence-electron chi connectivity index (χ4n) is 5.39. The van der Waals surface area contributed by atoms with Crippen molar-refractivity contribution in [2.45, 2.75) is 59.4 Å². The predicted octanol–water partition coefficient (Wildman–Crippen LogP) is 7.04. The molecule has 0 aliphatic carbocycles. The number of aryl methyl sites for hydroxylation is 1. The first kappa shape index (κ1) is 32.4. The Kier molecular flexibility index (Phi) is 10.4. The highest BCUT2D eigenvalue weighted by molar-refractivity contribution is 6.06. The van der Waals surface area contributed by atoms with E-state index < -0.39 is 17.4 Å². The van der Waals surface area contributed by atoms with Gasteiger partial charge in [0, 0.05) is 31.9 Å². The van der Waals surface area contributed by atoms with E-state index in [4.69, 9.17) is 4.74 Å². The lowest BCUT2D eigenvalue weighted by Gasteiger charge is -2.22. The van der Waals surface area contributed by atoms with Gasteiger partial charge in [-0.15, -0.1) is 5.10 Å². The van der Waals surface area contributed by atoms with Gasteiger partial charge in [-0.3, -0.25) is 14.3 Å². The second kappa shape index (κ2) is 14.8. The van der Waals surface area contributed by atoms with Crippen LogP contribution in [0, 0.1) is 12.7 Å². The molecule has 8 nitrogen and oxygen atoms in total. The summed E-state index contributed by atoms with van der Waals surface area (Å²) in [6, 6.07) is 30.0. The summed E-state index contributed by atoms with van der Waals surface area (Å²) >= 11 is 0. The Morgan fingerprint density at radius 3 is 2.15 bits per heavy atom. The van der Waals surface area contributed by atoms with Gasteiger partial charge in [0.05, 0.1) is 18.2 Å². The lowest BCUT2D eigenvalue weighted by atomic mass is 10.1. The monoisotopic (exact) mass is 621 g/mol. The topological polar surface area (TPSA) is 81.4 Å². The van der Waals surface area contributed by atoms with E-state index in [1.165, 1.54) is 10.6 Å². The number of nitrogens with zero attached hydrogens (tertiary/aromatic N) is 4. The van der Waals surface area contributed by atoms with Crippen LogP contribution < -0.4 is 15.7 Å². The zero-order valence-electron chi connectivity index (χ0n) is 26.7. The second-order valence-corrected chi connectivity index (χ2v) is 11.6. The summed E-state index contributed by atoms with van der Waals surface area (Å²) in [5.74, 6) is -0.621. The van der Waals surface area contributed by atoms with Crippen molar-refractivity contribution in [1.29, 1.82) is 0 Å². The Balaban J connectivity index is 1.49. The molecule has 0 aliphatic rings. The van der Waals surface area contributed by atoms with Crippen molar-refractivity contribution in [3.63, 3.8) is 0 Å². The van der Waals surface area contributed by atoms with Crippen LogP contribution in [0.4, 0.5) is 10.1 Å². The molecule has 238 valence electrons. The molecular formula is C37H40FN5O3. The number of amides is 1. The van der Waals surface area contributed by atoms with E-state index in [1.54, 1.807) is 13.1 Å². The number of para-hydroxylation sites is 1. The van der Waals surface area contributed by atoms with E-state index >= 15 is 4.39 Å². The summed E-state index contributed by atoms with van der Waals surface area (Å²) in [7, 11) is 1.63. The van der Waals surface area contributed by atoms with Crippen molar-refractivity contribution in [3.05, 3.63) is 141 Å². The summed E-state index contributed by atoms with van der Waals surface area (Å²) in [6.07, 6.45) is 1.36. The molecular weight excluding hydrogens is 581 g/mol. The van der Waals surface area contributed by atoms with Crippen molar-refractivity contribution < 1.29 is 13.9 Å². The largest absolute Gasteiger partial charge is 0.490 e. The Hall–Kier alpha value is -5.02. The van der Waals surface area contributed by atoms with Gasteiger partial charge in [-0.2, -0.15) is 4.68 Å². The fourth-order valence-corrected chi connectivity index (χ4v) is 5.39. The smallest absolute Gasteiger partial charge is 0.350 e. The number of hydrogen-bond donors (Lipinski definition) is 1. The number of anilines is 1. The number of ether oxygens (including phenoxy) is 1. The number of rotatable bonds is 13. The zero-order chi connectivity index (χ0) is 32.6. The Bertz CT molecular complexity index is 1790. The molecule has 5 aromatic rings. The molecule has 0 spiro atoms. The quantitative estimate of drug-likeness (QED) is 0.153. The SMILES string of the molecule is CCCC(C)Oc1cc(-n2nc(CN(Cc3ccccc3)Cc3ccccc3)n(C)c2=O)c(F)cc1C(=O)Nc1ccccc1C. The summed E-state index contributed by atoms with van der Waals surface area (Å²) in [6.45, 7) is 7.42. The molecule has 1 amide bonds. The molecule has 1 unspecified atom stereocenters. The number of benzene rings is 4. The van der Waals surface area contributed by atoms with E-state index in [2.05, 4.69) is 39.6 Å². The maximum atomic E-state index is 15.9. The van der Waals surface area contributed by atoms with Crippen molar-refractivity contribution in [2.24, 2.45) is 7.05 Å². The maximum Gasteiger partial charge on any atom is 0.350 e. The average molecular weight is 622 g/mol. The van der Waals surface area contributed by atoms with Crippen LogP contribution in [0.1, 0.15) is 59.6 Å². The first-order valence-electron chi connectivity index (χ1n) is 15.6. The molecule has 0 aliphatic heterocycles. The molecule has 1 atom stereocenters. The van der Waals surface area contributed by atoms with Crippen LogP contribution in [0.15, 0.2) is 102 Å². The van der Waals surface area contributed by atoms with E-state index in [1.807, 2.05) is 75.4 Å². The van der Waals surface area contributed by atoms with E-state index in [-0.39, 0.29) is 23.1 Å². The van der Waals surface area contributed by atoms with Gasteiger partial charge in [0.25, 0.3) is 5.91 Å². The lowest BCUT2D eigenvalue weighted by Crippen LogP contribution is -2.26. The van der Waals surface area contributed by atoms with Gasteiger partial charge < -0.3 is 10.1 Å². The summed E-state index contributed by atoms with van der Waals surface area (Å²) in [5, 5.41) is 7.47. The Labute approximate surface area is 269 Å². The average Bonchev–Trinajstić information content (AvgIpc) is 3.32. The van der Waals surface area contributed by atoms with Crippen LogP contribution in [0.2, 0.25) is 0 Å². The normalized spacial score (nSPS) is 11.9. The molecule has 1 aromatic heterocycles. The van der Waals surface area contributed by atoms with Crippen LogP contribution in [-0.4, -0.2) is 31.3 Å². The van der Waals surface area contributed by atoms with Gasteiger partial charge in [0.1, 0.15) is 23.1 Å². The van der Waals surface area contributed by atoms with Gasteiger partial charge >= 0.3 is 5.69 Å². The van der Waals surface area contributed by atoms with Crippen LogP contribution in [0.3, 0.4) is 0 Å². The van der Waals surface area contributed by atoms with Gasteiger partial charge in [-0.1, -0.05) is 92.2 Å². The third-order valence-electron chi connectivity index (χ3n) is 7.87. The van der Waals surface area contributed by atoms with Gasteiger partial charge in [-0.25, -0.2) is 9.18 Å². The molecule has 0 radical (unpaired) electrons. The van der Waals surface area contributed by atoms with Crippen LogP contribution in [-0.2, 0) is 26.7 Å². The molecule has 0 bridgehead atoms. The standard InChI is InChI=1S/C37H40FN5O3/c1-5-14-27(3)46-34-22-33(31(38)21-30(34)36(44)39-32-20-13-12-15-26(32)2)43-37(45)41(4)35(40-43)25-42(23-28-16-8-6-9-17-28)24-29-18-10-7-11-19-29/h6-13,15-22,27H,5,14,23-25H2,1-4H3,(H,39,44). The van der Waals surface area contributed by atoms with Crippen molar-refractivity contribution >= 4 is 11.6 Å².